The van der Waals surface area contributed by atoms with Crippen molar-refractivity contribution in [1.29, 1.82) is 0 Å². The van der Waals surface area contributed by atoms with Crippen molar-refractivity contribution in [1.82, 2.24) is 4.31 Å². The predicted molar refractivity (Wildman–Crippen MR) is 97.0 cm³/mol. The monoisotopic (exact) mass is 389 g/mol. The first kappa shape index (κ1) is 17.0. The van der Waals surface area contributed by atoms with E-state index in [-0.39, 0.29) is 17.5 Å². The summed E-state index contributed by atoms with van der Waals surface area (Å²) in [5.74, 6) is 1.22. The Morgan fingerprint density at radius 2 is 1.81 bits per heavy atom. The molecule has 0 unspecified atom stereocenters. The highest BCUT2D eigenvalue weighted by Gasteiger charge is 2.40. The molecule has 27 heavy (non-hydrogen) atoms. The van der Waals surface area contributed by atoms with Gasteiger partial charge in [0, 0.05) is 42.1 Å². The van der Waals surface area contributed by atoms with E-state index in [1.165, 1.54) is 24.3 Å². The third-order valence-electron chi connectivity index (χ3n) is 5.45. The Hall–Kier alpha value is -2.12. The molecule has 0 bridgehead atoms. The van der Waals surface area contributed by atoms with Crippen molar-refractivity contribution in [2.24, 2.45) is 0 Å². The quantitative estimate of drug-likeness (QED) is 0.789. The van der Waals surface area contributed by atoms with Crippen molar-refractivity contribution in [3.63, 3.8) is 0 Å². The van der Waals surface area contributed by atoms with E-state index in [0.29, 0.717) is 13.2 Å². The average molecular weight is 389 g/mol. The van der Waals surface area contributed by atoms with Crippen LogP contribution < -0.4 is 9.47 Å². The lowest BCUT2D eigenvalue weighted by atomic mass is 9.99. The predicted octanol–water partition coefficient (Wildman–Crippen LogP) is 3.05. The molecule has 2 aromatic rings. The molecule has 3 aliphatic rings. The molecule has 5 rings (SSSR count). The van der Waals surface area contributed by atoms with Crippen molar-refractivity contribution >= 4 is 10.0 Å². The number of benzene rings is 2. The number of fused-ring (bicyclic) bond motifs is 2. The van der Waals surface area contributed by atoms with Crippen molar-refractivity contribution in [3.05, 3.63) is 52.8 Å². The Labute approximate surface area is 157 Å². The van der Waals surface area contributed by atoms with Gasteiger partial charge in [-0.25, -0.2) is 12.8 Å². The number of hydrogen-bond donors (Lipinski definition) is 0. The number of sulfonamides is 1. The summed E-state index contributed by atoms with van der Waals surface area (Å²) in [5, 5.41) is 0. The molecular weight excluding hydrogens is 369 g/mol. The van der Waals surface area contributed by atoms with Gasteiger partial charge in [0.25, 0.3) is 0 Å². The minimum atomic E-state index is -3.72. The first-order chi connectivity index (χ1) is 13.0. The van der Waals surface area contributed by atoms with Gasteiger partial charge in [0.15, 0.2) is 0 Å². The van der Waals surface area contributed by atoms with Gasteiger partial charge in [-0.3, -0.25) is 0 Å². The van der Waals surface area contributed by atoms with Crippen LogP contribution in [0.4, 0.5) is 4.39 Å². The van der Waals surface area contributed by atoms with Gasteiger partial charge in [-0.1, -0.05) is 0 Å². The molecule has 1 aliphatic carbocycles. The molecule has 0 radical (unpaired) electrons. The molecule has 2 heterocycles. The van der Waals surface area contributed by atoms with Crippen LogP contribution >= 0.6 is 0 Å². The van der Waals surface area contributed by atoms with Crippen LogP contribution in [-0.2, 0) is 29.4 Å². The zero-order valence-corrected chi connectivity index (χ0v) is 15.6. The fourth-order valence-electron chi connectivity index (χ4n) is 3.92. The Morgan fingerprint density at radius 3 is 2.56 bits per heavy atom. The fraction of sp³-hybridized carbons (Fsp3) is 0.400. The lowest BCUT2D eigenvalue weighted by Crippen LogP contribution is -2.33. The Balaban J connectivity index is 1.56. The van der Waals surface area contributed by atoms with Gasteiger partial charge in [-0.15, -0.1) is 0 Å². The molecule has 0 saturated heterocycles. The van der Waals surface area contributed by atoms with Crippen LogP contribution in [0.25, 0.3) is 0 Å². The zero-order valence-electron chi connectivity index (χ0n) is 14.8. The summed E-state index contributed by atoms with van der Waals surface area (Å²) in [7, 11) is -3.72. The van der Waals surface area contributed by atoms with Crippen LogP contribution in [0.1, 0.15) is 29.5 Å². The second kappa shape index (κ2) is 6.21. The lowest BCUT2D eigenvalue weighted by Gasteiger charge is -2.24. The van der Waals surface area contributed by atoms with Crippen LogP contribution in [0.2, 0.25) is 0 Å². The lowest BCUT2D eigenvalue weighted by molar-refractivity contribution is 0.341. The molecule has 1 fully saturated rings. The van der Waals surface area contributed by atoms with Crippen molar-refractivity contribution in [3.8, 4) is 11.5 Å². The van der Waals surface area contributed by atoms with E-state index in [4.69, 9.17) is 9.47 Å². The fourth-order valence-corrected chi connectivity index (χ4v) is 5.58. The number of nitrogens with zero attached hydrogens (tertiary/aromatic N) is 1. The van der Waals surface area contributed by atoms with E-state index >= 15 is 0 Å². The standard InChI is InChI=1S/C20H20FNO4S/c21-14-1-5-16(6-2-14)27(23,24)22(15-3-4-15)12-18-17-8-10-25-19(17)11-13-7-9-26-20(13)18/h1-2,5-6,11,15H,3-4,7-10,12H2. The second-order valence-corrected chi connectivity index (χ2v) is 9.14. The van der Waals surface area contributed by atoms with Crippen LogP contribution in [0, 0.1) is 5.82 Å². The first-order valence-electron chi connectivity index (χ1n) is 9.24. The van der Waals surface area contributed by atoms with Gasteiger partial charge in [0.1, 0.15) is 17.3 Å². The molecule has 0 atom stereocenters. The highest BCUT2D eigenvalue weighted by atomic mass is 32.2. The first-order valence-corrected chi connectivity index (χ1v) is 10.7. The average Bonchev–Trinajstić information content (AvgIpc) is 3.17. The molecule has 142 valence electrons. The summed E-state index contributed by atoms with van der Waals surface area (Å²) in [6.45, 7) is 1.48. The summed E-state index contributed by atoms with van der Waals surface area (Å²) in [6.07, 6.45) is 3.26. The van der Waals surface area contributed by atoms with Crippen molar-refractivity contribution < 1.29 is 22.3 Å². The number of hydrogen-bond acceptors (Lipinski definition) is 4. The Kier molecular flexibility index (Phi) is 3.91. The highest BCUT2D eigenvalue weighted by molar-refractivity contribution is 7.89. The second-order valence-electron chi connectivity index (χ2n) is 7.25. The van der Waals surface area contributed by atoms with Gasteiger partial charge < -0.3 is 9.47 Å². The van der Waals surface area contributed by atoms with Crippen LogP contribution in [-0.4, -0.2) is 32.0 Å². The van der Waals surface area contributed by atoms with E-state index in [1.54, 1.807) is 4.31 Å². The number of rotatable bonds is 5. The molecule has 0 N–H and O–H groups in total. The van der Waals surface area contributed by atoms with E-state index in [1.807, 2.05) is 6.07 Å². The Morgan fingerprint density at radius 1 is 1.07 bits per heavy atom. The molecule has 5 nitrogen and oxygen atoms in total. The number of halogens is 1. The summed E-state index contributed by atoms with van der Waals surface area (Å²) in [6, 6.07) is 7.05. The van der Waals surface area contributed by atoms with Gasteiger partial charge in [-0.2, -0.15) is 4.31 Å². The van der Waals surface area contributed by atoms with Gasteiger partial charge in [0.05, 0.1) is 18.1 Å². The van der Waals surface area contributed by atoms with Crippen molar-refractivity contribution in [2.75, 3.05) is 13.2 Å². The topological polar surface area (TPSA) is 55.8 Å². The van der Waals surface area contributed by atoms with E-state index in [9.17, 15) is 12.8 Å². The molecular formula is C20H20FNO4S. The minimum absolute atomic E-state index is 0.0183. The SMILES string of the molecule is O=S(=O)(c1ccc(F)cc1)N(Cc1c2c(cc3c1OCC3)OCC2)C1CC1. The summed E-state index contributed by atoms with van der Waals surface area (Å²) >= 11 is 0. The van der Waals surface area contributed by atoms with Crippen LogP contribution in [0.3, 0.4) is 0 Å². The molecule has 2 aliphatic heterocycles. The maximum atomic E-state index is 13.3. The van der Waals surface area contributed by atoms with Gasteiger partial charge in [-0.05, 0) is 43.2 Å². The minimum Gasteiger partial charge on any atom is -0.493 e. The molecule has 0 spiro atoms. The van der Waals surface area contributed by atoms with Gasteiger partial charge in [0.2, 0.25) is 10.0 Å². The van der Waals surface area contributed by atoms with E-state index < -0.39 is 15.8 Å². The largest absolute Gasteiger partial charge is 0.493 e. The summed E-state index contributed by atoms with van der Waals surface area (Å²) in [5.41, 5.74) is 3.06. The van der Waals surface area contributed by atoms with E-state index in [2.05, 4.69) is 0 Å². The third kappa shape index (κ3) is 2.89. The van der Waals surface area contributed by atoms with Gasteiger partial charge >= 0.3 is 0 Å². The third-order valence-corrected chi connectivity index (χ3v) is 7.36. The number of ether oxygens (including phenoxy) is 2. The molecule has 2 aromatic carbocycles. The van der Waals surface area contributed by atoms with Crippen molar-refractivity contribution in [2.45, 2.75) is 43.2 Å². The molecule has 1 saturated carbocycles. The normalized spacial score (nSPS) is 18.1. The van der Waals surface area contributed by atoms with Crippen LogP contribution in [0.15, 0.2) is 35.2 Å². The summed E-state index contributed by atoms with van der Waals surface area (Å²) in [4.78, 5) is 0.122. The zero-order chi connectivity index (χ0) is 18.6. The summed E-state index contributed by atoms with van der Waals surface area (Å²) < 4.78 is 52.9. The smallest absolute Gasteiger partial charge is 0.243 e. The van der Waals surface area contributed by atoms with E-state index in [0.717, 1.165) is 53.9 Å². The van der Waals surface area contributed by atoms with Crippen LogP contribution in [0.5, 0.6) is 11.5 Å². The molecule has 7 heteroatoms. The maximum absolute atomic E-state index is 13.3. The maximum Gasteiger partial charge on any atom is 0.243 e. The Bertz CT molecular complexity index is 967. The molecule has 0 aromatic heterocycles. The molecule has 0 amide bonds. The highest BCUT2D eigenvalue weighted by Crippen LogP contribution is 2.43.